The van der Waals surface area contributed by atoms with Gasteiger partial charge in [0.2, 0.25) is 0 Å². The molecule has 0 aromatic carbocycles. The number of hydrogen-bond acceptors (Lipinski definition) is 14. The Labute approximate surface area is 286 Å². The number of halogens is 3. The van der Waals surface area contributed by atoms with Gasteiger partial charge < -0.3 is 56.8 Å². The molecule has 0 radical (unpaired) electrons. The molecule has 1 aliphatic carbocycles. The molecule has 0 spiro atoms. The van der Waals surface area contributed by atoms with E-state index in [9.17, 15) is 18.3 Å². The fourth-order valence-electron chi connectivity index (χ4n) is 5.48. The van der Waals surface area contributed by atoms with Gasteiger partial charge in [0.15, 0.2) is 6.29 Å². The van der Waals surface area contributed by atoms with E-state index in [0.29, 0.717) is 12.1 Å². The standard InChI is InChI=1S/C30H41N7O6.C2HF3O2/c31-14-23-28(40-16-19-8-2-5-11-36-19)29(41-17-20-9-3-6-12-37-20)24(34)30(42-23)43-27-22(33)13-21(32)26(25(27)38)39-15-18-7-1-4-10-35-18;3-2(4,5)1(6)7/h1-12,21-30,38H,13-17,31-34H2;(H,6,7)/t21-,22+,23-,24-,25-,26+,27-,28-,29-,30-;/m1./s1. The highest BCUT2D eigenvalue weighted by Crippen LogP contribution is 2.31. The minimum absolute atomic E-state index is 0.100. The van der Waals surface area contributed by atoms with Crippen LogP contribution in [0.15, 0.2) is 73.2 Å². The lowest BCUT2D eigenvalue weighted by atomic mass is 9.84. The molecule has 1 saturated carbocycles. The van der Waals surface area contributed by atoms with Gasteiger partial charge in [0.1, 0.15) is 36.6 Å². The van der Waals surface area contributed by atoms with Gasteiger partial charge in [0.25, 0.3) is 0 Å². The van der Waals surface area contributed by atoms with E-state index in [0.717, 1.165) is 11.4 Å². The van der Waals surface area contributed by atoms with Gasteiger partial charge in [-0.2, -0.15) is 13.2 Å². The molecule has 274 valence electrons. The molecule has 2 fully saturated rings. The van der Waals surface area contributed by atoms with Gasteiger partial charge >= 0.3 is 12.1 Å². The maximum absolute atomic E-state index is 11.3. The Morgan fingerprint density at radius 2 is 1.22 bits per heavy atom. The lowest BCUT2D eigenvalue weighted by Gasteiger charge is -2.48. The summed E-state index contributed by atoms with van der Waals surface area (Å²) in [5.74, 6) is -2.76. The third-order valence-electron chi connectivity index (χ3n) is 7.97. The minimum atomic E-state index is -5.08. The maximum Gasteiger partial charge on any atom is 0.490 e. The fourth-order valence-corrected chi connectivity index (χ4v) is 5.48. The topological polar surface area (TPSA) is 246 Å². The first-order valence-corrected chi connectivity index (χ1v) is 15.7. The van der Waals surface area contributed by atoms with Crippen molar-refractivity contribution in [2.24, 2.45) is 22.9 Å². The Morgan fingerprint density at radius 3 is 1.64 bits per heavy atom. The van der Waals surface area contributed by atoms with Crippen LogP contribution in [-0.4, -0.2) is 105 Å². The number of alkyl halides is 3. The van der Waals surface area contributed by atoms with Crippen molar-refractivity contribution in [3.63, 3.8) is 0 Å². The quantitative estimate of drug-likeness (QED) is 0.149. The van der Waals surface area contributed by atoms with Crippen LogP contribution in [0.5, 0.6) is 0 Å². The minimum Gasteiger partial charge on any atom is -0.475 e. The molecule has 0 amide bonds. The smallest absolute Gasteiger partial charge is 0.475 e. The largest absolute Gasteiger partial charge is 0.490 e. The van der Waals surface area contributed by atoms with Crippen LogP contribution in [0.4, 0.5) is 13.2 Å². The highest BCUT2D eigenvalue weighted by molar-refractivity contribution is 5.73. The normalized spacial score (nSPS) is 29.8. The van der Waals surface area contributed by atoms with E-state index in [4.69, 9.17) is 56.5 Å². The van der Waals surface area contributed by atoms with Crippen LogP contribution in [-0.2, 0) is 48.3 Å². The van der Waals surface area contributed by atoms with Crippen molar-refractivity contribution in [1.82, 2.24) is 15.0 Å². The molecule has 0 unspecified atom stereocenters. The molecule has 10 N–H and O–H groups in total. The van der Waals surface area contributed by atoms with Crippen molar-refractivity contribution in [1.29, 1.82) is 0 Å². The van der Waals surface area contributed by atoms with E-state index >= 15 is 0 Å². The third-order valence-corrected chi connectivity index (χ3v) is 7.97. The average Bonchev–Trinajstić information content (AvgIpc) is 3.10. The van der Waals surface area contributed by atoms with Crippen molar-refractivity contribution in [3.8, 4) is 0 Å². The Balaban J connectivity index is 0.000000727. The predicted molar refractivity (Wildman–Crippen MR) is 169 cm³/mol. The number of carboxylic acid groups (broad SMARTS) is 1. The number of aliphatic hydroxyl groups is 1. The van der Waals surface area contributed by atoms with Crippen LogP contribution >= 0.6 is 0 Å². The summed E-state index contributed by atoms with van der Waals surface area (Å²) in [6.45, 7) is 0.650. The monoisotopic (exact) mass is 709 g/mol. The first kappa shape index (κ1) is 39.1. The first-order chi connectivity index (χ1) is 23.9. The number of carboxylic acids is 1. The van der Waals surface area contributed by atoms with Gasteiger partial charge in [-0.15, -0.1) is 0 Å². The van der Waals surface area contributed by atoms with Gasteiger partial charge in [-0.1, -0.05) is 18.2 Å². The second-order valence-corrected chi connectivity index (χ2v) is 11.6. The summed E-state index contributed by atoms with van der Waals surface area (Å²) in [6, 6.07) is 14.7. The second-order valence-electron chi connectivity index (χ2n) is 11.6. The number of aliphatic carboxylic acids is 1. The SMILES string of the molecule is NC[C@H]1O[C@H](O[C@H]2[C@H](O)[C@@H](OCc3ccccn3)[C@H](N)C[C@@H]2N)[C@H](N)[C@@H](OCc2ccccn2)[C@@H]1OCc1ccccn1.O=C(O)C(F)(F)F. The Kier molecular flexibility index (Phi) is 14.5. The number of ether oxygens (including phenoxy) is 5. The van der Waals surface area contributed by atoms with Gasteiger partial charge in [0.05, 0.1) is 42.9 Å². The number of hydrogen-bond donors (Lipinski definition) is 6. The number of nitrogens with two attached hydrogens (primary N) is 4. The van der Waals surface area contributed by atoms with Crippen LogP contribution in [0.3, 0.4) is 0 Å². The molecule has 3 aromatic heterocycles. The summed E-state index contributed by atoms with van der Waals surface area (Å²) >= 11 is 0. The fraction of sp³-hybridized carbons (Fsp3) is 0.500. The van der Waals surface area contributed by atoms with E-state index in [2.05, 4.69) is 15.0 Å². The lowest BCUT2D eigenvalue weighted by molar-refractivity contribution is -0.302. The lowest BCUT2D eigenvalue weighted by Crippen LogP contribution is -2.68. The molecule has 1 aliphatic heterocycles. The van der Waals surface area contributed by atoms with Gasteiger partial charge in [-0.05, 0) is 42.8 Å². The van der Waals surface area contributed by atoms with Gasteiger partial charge in [-0.3, -0.25) is 15.0 Å². The van der Waals surface area contributed by atoms with Crippen LogP contribution in [0.1, 0.15) is 23.5 Å². The zero-order valence-corrected chi connectivity index (χ0v) is 26.9. The molecule has 4 heterocycles. The van der Waals surface area contributed by atoms with Crippen molar-refractivity contribution in [2.45, 2.75) is 93.5 Å². The molecule has 1 saturated heterocycles. The van der Waals surface area contributed by atoms with E-state index < -0.39 is 73.2 Å². The summed E-state index contributed by atoms with van der Waals surface area (Å²) in [5.41, 5.74) is 27.9. The summed E-state index contributed by atoms with van der Waals surface area (Å²) in [4.78, 5) is 21.9. The predicted octanol–water partition coefficient (Wildman–Crippen LogP) is 0.376. The zero-order valence-electron chi connectivity index (χ0n) is 26.9. The van der Waals surface area contributed by atoms with E-state index in [1.807, 2.05) is 54.6 Å². The Bertz CT molecular complexity index is 1440. The zero-order chi connectivity index (χ0) is 36.3. The maximum atomic E-state index is 11.3. The number of carbonyl (C=O) groups is 1. The highest BCUT2D eigenvalue weighted by Gasteiger charge is 2.50. The molecule has 50 heavy (non-hydrogen) atoms. The summed E-state index contributed by atoms with van der Waals surface area (Å²) in [6.07, 6.45) is -5.46. The van der Waals surface area contributed by atoms with Crippen LogP contribution < -0.4 is 22.9 Å². The van der Waals surface area contributed by atoms with E-state index in [1.54, 1.807) is 18.6 Å². The molecular formula is C32H42F3N7O8. The molecule has 15 nitrogen and oxygen atoms in total. The van der Waals surface area contributed by atoms with Crippen LogP contribution in [0.25, 0.3) is 0 Å². The van der Waals surface area contributed by atoms with Crippen molar-refractivity contribution in [2.75, 3.05) is 6.54 Å². The summed E-state index contributed by atoms with van der Waals surface area (Å²) in [5, 5.41) is 18.5. The number of rotatable bonds is 12. The van der Waals surface area contributed by atoms with Crippen molar-refractivity contribution >= 4 is 5.97 Å². The summed E-state index contributed by atoms with van der Waals surface area (Å²) in [7, 11) is 0. The molecule has 18 heteroatoms. The number of aromatic nitrogens is 3. The highest BCUT2D eigenvalue weighted by atomic mass is 19.4. The molecule has 5 rings (SSSR count). The Morgan fingerprint density at radius 1 is 0.780 bits per heavy atom. The van der Waals surface area contributed by atoms with Gasteiger partial charge in [0, 0.05) is 37.2 Å². The average molecular weight is 710 g/mol. The van der Waals surface area contributed by atoms with Gasteiger partial charge in [-0.25, -0.2) is 4.79 Å². The first-order valence-electron chi connectivity index (χ1n) is 15.7. The molecule has 3 aromatic rings. The Hall–Kier alpha value is -3.69. The van der Waals surface area contributed by atoms with E-state index in [-0.39, 0.29) is 26.4 Å². The molecule has 2 aliphatic rings. The van der Waals surface area contributed by atoms with Crippen LogP contribution in [0.2, 0.25) is 0 Å². The second kappa shape index (κ2) is 18.5. The van der Waals surface area contributed by atoms with Crippen molar-refractivity contribution < 1.29 is 51.9 Å². The van der Waals surface area contributed by atoms with E-state index in [1.165, 1.54) is 0 Å². The molecular weight excluding hydrogens is 667 g/mol. The number of aliphatic hydroxyl groups excluding tert-OH is 1. The van der Waals surface area contributed by atoms with Crippen molar-refractivity contribution in [3.05, 3.63) is 90.3 Å². The number of nitrogens with zero attached hydrogens (tertiary/aromatic N) is 3. The van der Waals surface area contributed by atoms with Crippen LogP contribution in [0, 0.1) is 0 Å². The summed E-state index contributed by atoms with van der Waals surface area (Å²) < 4.78 is 62.9. The third kappa shape index (κ3) is 10.9. The number of pyridine rings is 3. The molecule has 10 atom stereocenters. The molecule has 0 bridgehead atoms.